The zero-order valence-corrected chi connectivity index (χ0v) is 23.2. The minimum Gasteiger partial charge on any atom is -0.287 e. The number of anilines is 2. The molecule has 0 saturated carbocycles. The zero-order chi connectivity index (χ0) is 27.2. The van der Waals surface area contributed by atoms with Gasteiger partial charge < -0.3 is 0 Å². The van der Waals surface area contributed by atoms with Crippen LogP contribution in [-0.4, -0.2) is 0 Å². The second kappa shape index (κ2) is 15.7. The standard InChI is InChI=1S/C32H42N4O2/c1-4-5-6-7-8-9-10-11-12-13-14-26-16-18-27(19-17-26)33-36-31-30(37)22-21-29(32(31)38)35-34-28-20-15-24(2)23-25(28)3/h15-23,33-34H,4-14H2,1-3H3/b35-29-,36-31+. The second-order valence-electron chi connectivity index (χ2n) is 10.2. The van der Waals surface area contributed by atoms with Crippen LogP contribution in [0.5, 0.6) is 0 Å². The van der Waals surface area contributed by atoms with Crippen molar-refractivity contribution in [2.24, 2.45) is 10.2 Å². The van der Waals surface area contributed by atoms with E-state index in [0.717, 1.165) is 28.9 Å². The number of nitrogens with one attached hydrogen (secondary N) is 2. The van der Waals surface area contributed by atoms with Gasteiger partial charge in [-0.15, -0.1) is 0 Å². The molecule has 0 fully saturated rings. The Kier molecular flexibility index (Phi) is 12.0. The molecule has 0 unspecified atom stereocenters. The van der Waals surface area contributed by atoms with E-state index in [2.05, 4.69) is 40.1 Å². The number of unbranched alkanes of at least 4 members (excludes halogenated alkanes) is 9. The highest BCUT2D eigenvalue weighted by Gasteiger charge is 2.03. The highest BCUT2D eigenvalue weighted by atomic mass is 16.1. The van der Waals surface area contributed by atoms with Crippen molar-refractivity contribution in [2.45, 2.75) is 91.4 Å². The van der Waals surface area contributed by atoms with Gasteiger partial charge in [0.2, 0.25) is 10.9 Å². The van der Waals surface area contributed by atoms with Gasteiger partial charge in [0, 0.05) is 0 Å². The fraction of sp³-hybridized carbons (Fsp3) is 0.438. The lowest BCUT2D eigenvalue weighted by Crippen LogP contribution is -2.47. The van der Waals surface area contributed by atoms with Gasteiger partial charge in [-0.3, -0.25) is 20.4 Å². The predicted octanol–water partition coefficient (Wildman–Crippen LogP) is 6.22. The summed E-state index contributed by atoms with van der Waals surface area (Å²) in [7, 11) is 0. The van der Waals surface area contributed by atoms with E-state index in [9.17, 15) is 9.59 Å². The lowest BCUT2D eigenvalue weighted by Gasteiger charge is -2.05. The van der Waals surface area contributed by atoms with Crippen molar-refractivity contribution in [2.75, 3.05) is 10.9 Å². The van der Waals surface area contributed by atoms with E-state index in [1.807, 2.05) is 44.2 Å². The number of hydrogen-bond donors (Lipinski definition) is 2. The van der Waals surface area contributed by atoms with Gasteiger partial charge in [0.15, 0.2) is 5.36 Å². The SMILES string of the molecule is CCCCCCCCCCCCc1ccc(N/N=c2\c(=O)cc/c(=N/Nc3ccc(C)cc3C)c2=O)cc1. The summed E-state index contributed by atoms with van der Waals surface area (Å²) in [5.74, 6) is 0. The molecule has 0 spiro atoms. The Labute approximate surface area is 226 Å². The molecule has 0 atom stereocenters. The van der Waals surface area contributed by atoms with Gasteiger partial charge in [-0.2, -0.15) is 10.2 Å². The van der Waals surface area contributed by atoms with Gasteiger partial charge in [-0.1, -0.05) is 94.5 Å². The van der Waals surface area contributed by atoms with Crippen LogP contribution in [0.15, 0.2) is 74.4 Å². The summed E-state index contributed by atoms with van der Waals surface area (Å²) in [5, 5.41) is 8.29. The maximum Gasteiger partial charge on any atom is 0.237 e. The molecule has 38 heavy (non-hydrogen) atoms. The Morgan fingerprint density at radius 3 is 2.00 bits per heavy atom. The second-order valence-corrected chi connectivity index (χ2v) is 10.2. The molecule has 6 heteroatoms. The molecule has 3 rings (SSSR count). The summed E-state index contributed by atoms with van der Waals surface area (Å²) >= 11 is 0. The fourth-order valence-electron chi connectivity index (χ4n) is 4.48. The Hall–Kier alpha value is -3.54. The van der Waals surface area contributed by atoms with Crippen molar-refractivity contribution in [3.8, 4) is 0 Å². The molecular formula is C32H42N4O2. The van der Waals surface area contributed by atoms with Crippen LogP contribution in [0.1, 0.15) is 87.8 Å². The van der Waals surface area contributed by atoms with Crippen LogP contribution in [0.3, 0.4) is 0 Å². The summed E-state index contributed by atoms with van der Waals surface area (Å²) < 4.78 is 0. The van der Waals surface area contributed by atoms with E-state index in [4.69, 9.17) is 0 Å². The zero-order valence-electron chi connectivity index (χ0n) is 23.2. The van der Waals surface area contributed by atoms with Gasteiger partial charge in [0.1, 0.15) is 5.36 Å². The summed E-state index contributed by atoms with van der Waals surface area (Å²) in [4.78, 5) is 25.1. The monoisotopic (exact) mass is 514 g/mol. The Bertz CT molecular complexity index is 1370. The van der Waals surface area contributed by atoms with Crippen LogP contribution >= 0.6 is 0 Å². The molecule has 6 nitrogen and oxygen atoms in total. The molecule has 3 aromatic rings. The molecule has 3 aromatic carbocycles. The molecule has 0 aliphatic heterocycles. The molecule has 0 aromatic heterocycles. The number of benzene rings is 3. The average Bonchev–Trinajstić information content (AvgIpc) is 2.91. The molecule has 0 saturated heterocycles. The predicted molar refractivity (Wildman–Crippen MR) is 158 cm³/mol. The molecule has 0 heterocycles. The normalized spacial score (nSPS) is 12.2. The maximum absolute atomic E-state index is 12.8. The van der Waals surface area contributed by atoms with Crippen molar-refractivity contribution in [3.63, 3.8) is 0 Å². The van der Waals surface area contributed by atoms with E-state index in [0.29, 0.717) is 0 Å². The molecule has 0 aliphatic carbocycles. The highest BCUT2D eigenvalue weighted by molar-refractivity contribution is 5.51. The first kappa shape index (κ1) is 29.0. The van der Waals surface area contributed by atoms with Gasteiger partial charge in [0.05, 0.1) is 11.4 Å². The van der Waals surface area contributed by atoms with Crippen LogP contribution in [0.2, 0.25) is 0 Å². The van der Waals surface area contributed by atoms with E-state index in [1.165, 1.54) is 81.9 Å². The Morgan fingerprint density at radius 2 is 1.34 bits per heavy atom. The van der Waals surface area contributed by atoms with E-state index in [1.54, 1.807) is 0 Å². The van der Waals surface area contributed by atoms with Crippen LogP contribution < -0.4 is 32.4 Å². The van der Waals surface area contributed by atoms with Crippen LogP contribution in [0.4, 0.5) is 11.4 Å². The van der Waals surface area contributed by atoms with Gasteiger partial charge in [-0.25, -0.2) is 0 Å². The third-order valence-electron chi connectivity index (χ3n) is 6.82. The molecule has 0 bridgehead atoms. The first-order valence-electron chi connectivity index (χ1n) is 14.1. The van der Waals surface area contributed by atoms with Crippen molar-refractivity contribution in [1.29, 1.82) is 0 Å². The Balaban J connectivity index is 1.51. The topological polar surface area (TPSA) is 82.9 Å². The van der Waals surface area contributed by atoms with Gasteiger partial charge >= 0.3 is 0 Å². The van der Waals surface area contributed by atoms with Crippen molar-refractivity contribution < 1.29 is 0 Å². The molecule has 0 radical (unpaired) electrons. The quantitative estimate of drug-likeness (QED) is 0.186. The van der Waals surface area contributed by atoms with E-state index in [-0.39, 0.29) is 10.7 Å². The van der Waals surface area contributed by atoms with Crippen molar-refractivity contribution in [1.82, 2.24) is 0 Å². The fourth-order valence-corrected chi connectivity index (χ4v) is 4.48. The van der Waals surface area contributed by atoms with Crippen LogP contribution in [-0.2, 0) is 6.42 Å². The van der Waals surface area contributed by atoms with Crippen LogP contribution in [0.25, 0.3) is 0 Å². The number of nitrogens with zero attached hydrogens (tertiary/aromatic N) is 2. The molecule has 0 aliphatic rings. The third-order valence-corrected chi connectivity index (χ3v) is 6.82. The minimum absolute atomic E-state index is 0.136. The summed E-state index contributed by atoms with van der Waals surface area (Å²) in [6.45, 7) is 6.25. The number of hydrogen-bond acceptors (Lipinski definition) is 6. The van der Waals surface area contributed by atoms with Crippen molar-refractivity contribution >= 4 is 11.4 Å². The molecule has 202 valence electrons. The Morgan fingerprint density at radius 1 is 0.684 bits per heavy atom. The first-order valence-corrected chi connectivity index (χ1v) is 14.1. The smallest absolute Gasteiger partial charge is 0.237 e. The lowest BCUT2D eigenvalue weighted by molar-refractivity contribution is 0.556. The summed E-state index contributed by atoms with van der Waals surface area (Å²) in [6, 6.07) is 16.7. The third kappa shape index (κ3) is 9.40. The van der Waals surface area contributed by atoms with Gasteiger partial charge in [-0.05, 0) is 68.1 Å². The van der Waals surface area contributed by atoms with E-state index >= 15 is 0 Å². The summed E-state index contributed by atoms with van der Waals surface area (Å²) in [6.07, 6.45) is 14.4. The minimum atomic E-state index is -0.514. The number of rotatable bonds is 15. The first-order chi connectivity index (χ1) is 18.5. The summed E-state index contributed by atoms with van der Waals surface area (Å²) in [5.41, 5.74) is 9.80. The van der Waals surface area contributed by atoms with E-state index < -0.39 is 10.9 Å². The van der Waals surface area contributed by atoms with Crippen molar-refractivity contribution in [3.05, 3.63) is 102 Å². The largest absolute Gasteiger partial charge is 0.287 e. The van der Waals surface area contributed by atoms with Crippen LogP contribution in [0, 0.1) is 13.8 Å². The molecule has 2 N–H and O–H groups in total. The molecular weight excluding hydrogens is 472 g/mol. The number of aryl methyl sites for hydroxylation is 3. The molecule has 0 amide bonds. The highest BCUT2D eigenvalue weighted by Crippen LogP contribution is 2.16. The van der Waals surface area contributed by atoms with Gasteiger partial charge in [0.25, 0.3) is 0 Å². The lowest BCUT2D eigenvalue weighted by atomic mass is 10.0. The maximum atomic E-state index is 12.8. The average molecular weight is 515 g/mol.